The van der Waals surface area contributed by atoms with E-state index in [0.717, 1.165) is 49.1 Å². The van der Waals surface area contributed by atoms with Crippen molar-refractivity contribution in [1.29, 1.82) is 0 Å². The normalized spacial score (nSPS) is 15.0. The minimum Gasteiger partial charge on any atom is -0.497 e. The van der Waals surface area contributed by atoms with Crippen molar-refractivity contribution in [2.45, 2.75) is 33.2 Å². The third-order valence-electron chi connectivity index (χ3n) is 4.89. The summed E-state index contributed by atoms with van der Waals surface area (Å²) < 4.78 is 5.14. The van der Waals surface area contributed by atoms with Crippen LogP contribution in [0.5, 0.6) is 5.75 Å². The molecule has 1 saturated heterocycles. The van der Waals surface area contributed by atoms with Gasteiger partial charge in [-0.05, 0) is 43.4 Å². The molecule has 26 heavy (non-hydrogen) atoms. The lowest BCUT2D eigenvalue weighted by molar-refractivity contribution is 0.0949. The molecule has 6 nitrogen and oxygen atoms in total. The van der Waals surface area contributed by atoms with E-state index in [9.17, 15) is 4.79 Å². The lowest BCUT2D eigenvalue weighted by atomic mass is 10.00. The molecule has 1 fully saturated rings. The van der Waals surface area contributed by atoms with Crippen LogP contribution in [0.25, 0.3) is 0 Å². The van der Waals surface area contributed by atoms with E-state index >= 15 is 0 Å². The van der Waals surface area contributed by atoms with Crippen LogP contribution in [0, 0.1) is 12.8 Å². The van der Waals surface area contributed by atoms with Crippen LogP contribution < -0.4 is 15.0 Å². The van der Waals surface area contributed by atoms with Crippen molar-refractivity contribution >= 4 is 11.9 Å². The third-order valence-corrected chi connectivity index (χ3v) is 4.89. The highest BCUT2D eigenvalue weighted by Crippen LogP contribution is 2.20. The van der Waals surface area contributed by atoms with Crippen molar-refractivity contribution in [3.05, 3.63) is 47.3 Å². The molecule has 1 aliphatic rings. The van der Waals surface area contributed by atoms with Gasteiger partial charge in [-0.3, -0.25) is 4.79 Å². The van der Waals surface area contributed by atoms with Gasteiger partial charge >= 0.3 is 0 Å². The van der Waals surface area contributed by atoms with Gasteiger partial charge in [-0.25, -0.2) is 9.97 Å². The second kappa shape index (κ2) is 8.17. The van der Waals surface area contributed by atoms with E-state index in [2.05, 4.69) is 27.1 Å². The average molecular weight is 354 g/mol. The summed E-state index contributed by atoms with van der Waals surface area (Å²) in [5.74, 6) is 2.13. The first-order valence-corrected chi connectivity index (χ1v) is 9.06. The maximum Gasteiger partial charge on any atom is 0.254 e. The summed E-state index contributed by atoms with van der Waals surface area (Å²) in [7, 11) is 1.63. The third kappa shape index (κ3) is 4.31. The van der Waals surface area contributed by atoms with Crippen LogP contribution in [0.2, 0.25) is 0 Å². The van der Waals surface area contributed by atoms with Crippen molar-refractivity contribution in [2.24, 2.45) is 5.92 Å². The van der Waals surface area contributed by atoms with Gasteiger partial charge in [0, 0.05) is 25.8 Å². The quantitative estimate of drug-likeness (QED) is 0.894. The van der Waals surface area contributed by atoms with Gasteiger partial charge in [-0.2, -0.15) is 0 Å². The Morgan fingerprint density at radius 1 is 1.27 bits per heavy atom. The lowest BCUT2D eigenvalue weighted by Gasteiger charge is -2.30. The molecular formula is C20H26N4O2. The molecule has 1 aromatic carbocycles. The minimum atomic E-state index is -0.155. The monoisotopic (exact) mass is 354 g/mol. The maximum atomic E-state index is 12.5. The van der Waals surface area contributed by atoms with Crippen LogP contribution in [0.4, 0.5) is 5.95 Å². The summed E-state index contributed by atoms with van der Waals surface area (Å²) in [4.78, 5) is 23.6. The number of aryl methyl sites for hydroxylation is 1. The Balaban J connectivity index is 1.61. The van der Waals surface area contributed by atoms with Gasteiger partial charge in [-0.15, -0.1) is 0 Å². The first-order chi connectivity index (χ1) is 12.6. The molecule has 3 rings (SSSR count). The molecule has 0 atom stereocenters. The molecule has 0 bridgehead atoms. The van der Waals surface area contributed by atoms with Gasteiger partial charge in [-0.1, -0.05) is 19.1 Å². The number of ether oxygens (including phenoxy) is 1. The number of methoxy groups -OCH3 is 1. The topological polar surface area (TPSA) is 67.3 Å². The summed E-state index contributed by atoms with van der Waals surface area (Å²) in [6.45, 7) is 6.54. The average Bonchev–Trinajstić information content (AvgIpc) is 2.67. The second-order valence-corrected chi connectivity index (χ2v) is 6.87. The Labute approximate surface area is 154 Å². The SMILES string of the molecule is COc1ccc(CNC(=O)c2cnc(N3CCC(C)CC3)nc2C)cc1. The van der Waals surface area contributed by atoms with Gasteiger partial charge < -0.3 is 15.0 Å². The number of anilines is 1. The number of amides is 1. The van der Waals surface area contributed by atoms with Gasteiger partial charge in [0.05, 0.1) is 18.4 Å². The predicted octanol–water partition coefficient (Wildman–Crippen LogP) is 2.96. The maximum absolute atomic E-state index is 12.5. The fraction of sp³-hybridized carbons (Fsp3) is 0.450. The molecule has 1 N–H and O–H groups in total. The molecule has 2 heterocycles. The summed E-state index contributed by atoms with van der Waals surface area (Å²) >= 11 is 0. The molecule has 0 unspecified atom stereocenters. The number of nitrogens with one attached hydrogen (secondary N) is 1. The zero-order valence-corrected chi connectivity index (χ0v) is 15.7. The summed E-state index contributed by atoms with van der Waals surface area (Å²) in [6.07, 6.45) is 3.96. The Bertz CT molecular complexity index is 753. The molecule has 1 amide bonds. The highest BCUT2D eigenvalue weighted by atomic mass is 16.5. The molecule has 2 aromatic rings. The Morgan fingerprint density at radius 2 is 1.96 bits per heavy atom. The summed E-state index contributed by atoms with van der Waals surface area (Å²) in [5.41, 5.74) is 2.24. The summed E-state index contributed by atoms with van der Waals surface area (Å²) in [6, 6.07) is 7.63. The first kappa shape index (κ1) is 18.2. The largest absolute Gasteiger partial charge is 0.497 e. The van der Waals surface area contributed by atoms with Gasteiger partial charge in [0.15, 0.2) is 0 Å². The van der Waals surface area contributed by atoms with E-state index in [4.69, 9.17) is 4.74 Å². The molecular weight excluding hydrogens is 328 g/mol. The van der Waals surface area contributed by atoms with Crippen LogP contribution in [0.1, 0.15) is 41.4 Å². The van der Waals surface area contributed by atoms with E-state index < -0.39 is 0 Å². The molecule has 138 valence electrons. The van der Waals surface area contributed by atoms with E-state index in [1.807, 2.05) is 31.2 Å². The molecule has 1 aromatic heterocycles. The fourth-order valence-electron chi connectivity index (χ4n) is 3.06. The Kier molecular flexibility index (Phi) is 5.71. The first-order valence-electron chi connectivity index (χ1n) is 9.06. The van der Waals surface area contributed by atoms with Crippen molar-refractivity contribution in [3.8, 4) is 5.75 Å². The molecule has 1 aliphatic heterocycles. The summed E-state index contributed by atoms with van der Waals surface area (Å²) in [5, 5.41) is 2.92. The molecule has 0 aliphatic carbocycles. The van der Waals surface area contributed by atoms with Gasteiger partial charge in [0.1, 0.15) is 5.75 Å². The fourth-order valence-corrected chi connectivity index (χ4v) is 3.06. The molecule has 0 radical (unpaired) electrons. The smallest absolute Gasteiger partial charge is 0.254 e. The highest BCUT2D eigenvalue weighted by Gasteiger charge is 2.19. The van der Waals surface area contributed by atoms with E-state index in [0.29, 0.717) is 17.8 Å². The van der Waals surface area contributed by atoms with Crippen LogP contribution in [-0.4, -0.2) is 36.1 Å². The molecule has 6 heteroatoms. The number of aromatic nitrogens is 2. The number of nitrogens with zero attached hydrogens (tertiary/aromatic N) is 3. The van der Waals surface area contributed by atoms with Crippen LogP contribution in [-0.2, 0) is 6.54 Å². The Morgan fingerprint density at radius 3 is 2.58 bits per heavy atom. The number of piperidine rings is 1. The number of hydrogen-bond acceptors (Lipinski definition) is 5. The lowest BCUT2D eigenvalue weighted by Crippen LogP contribution is -2.34. The van der Waals surface area contributed by atoms with Crippen molar-refractivity contribution in [3.63, 3.8) is 0 Å². The number of carbonyl (C=O) groups excluding carboxylic acids is 1. The van der Waals surface area contributed by atoms with E-state index in [1.165, 1.54) is 0 Å². The number of rotatable bonds is 5. The number of hydrogen-bond donors (Lipinski definition) is 1. The van der Waals surface area contributed by atoms with E-state index in [1.54, 1.807) is 13.3 Å². The minimum absolute atomic E-state index is 0.155. The number of benzene rings is 1. The van der Waals surface area contributed by atoms with Gasteiger partial charge in [0.2, 0.25) is 5.95 Å². The van der Waals surface area contributed by atoms with E-state index in [-0.39, 0.29) is 5.91 Å². The van der Waals surface area contributed by atoms with Crippen molar-refractivity contribution < 1.29 is 9.53 Å². The zero-order valence-electron chi connectivity index (χ0n) is 15.7. The van der Waals surface area contributed by atoms with Gasteiger partial charge in [0.25, 0.3) is 5.91 Å². The molecule has 0 spiro atoms. The predicted molar refractivity (Wildman–Crippen MR) is 102 cm³/mol. The zero-order chi connectivity index (χ0) is 18.5. The second-order valence-electron chi connectivity index (χ2n) is 6.87. The number of carbonyl (C=O) groups is 1. The van der Waals surface area contributed by atoms with Crippen molar-refractivity contribution in [1.82, 2.24) is 15.3 Å². The molecule has 0 saturated carbocycles. The Hall–Kier alpha value is -2.63. The van der Waals surface area contributed by atoms with Crippen LogP contribution in [0.15, 0.2) is 30.5 Å². The van der Waals surface area contributed by atoms with Crippen molar-refractivity contribution in [2.75, 3.05) is 25.1 Å². The van der Waals surface area contributed by atoms with Crippen LogP contribution >= 0.6 is 0 Å². The standard InChI is InChI=1S/C20H26N4O2/c1-14-8-10-24(11-9-14)20-22-13-18(15(2)23-20)19(25)21-12-16-4-6-17(26-3)7-5-16/h4-7,13-14H,8-12H2,1-3H3,(H,21,25). The van der Waals surface area contributed by atoms with Crippen LogP contribution in [0.3, 0.4) is 0 Å². The highest BCUT2D eigenvalue weighted by molar-refractivity contribution is 5.94.